The van der Waals surface area contributed by atoms with Crippen LogP contribution in [0.2, 0.25) is 0 Å². The zero-order valence-corrected chi connectivity index (χ0v) is 10.8. The normalized spacial score (nSPS) is 22.3. The van der Waals surface area contributed by atoms with Crippen molar-refractivity contribution >= 4 is 5.69 Å². The van der Waals surface area contributed by atoms with Crippen LogP contribution in [0.25, 0.3) is 0 Å². The highest BCUT2D eigenvalue weighted by Crippen LogP contribution is 2.38. The Kier molecular flexibility index (Phi) is 3.06. The van der Waals surface area contributed by atoms with Gasteiger partial charge in [-0.15, -0.1) is 0 Å². The van der Waals surface area contributed by atoms with Crippen LogP contribution < -0.4 is 5.32 Å². The van der Waals surface area contributed by atoms with Crippen LogP contribution in [-0.4, -0.2) is 6.04 Å². The number of rotatable bonds is 3. The summed E-state index contributed by atoms with van der Waals surface area (Å²) in [5.41, 5.74) is 4.05. The van der Waals surface area contributed by atoms with Gasteiger partial charge in [0.25, 0.3) is 0 Å². The summed E-state index contributed by atoms with van der Waals surface area (Å²) in [6, 6.07) is 20.1. The van der Waals surface area contributed by atoms with E-state index in [1.807, 2.05) is 0 Å². The van der Waals surface area contributed by atoms with Gasteiger partial charge < -0.3 is 5.32 Å². The number of hydrogen-bond acceptors (Lipinski definition) is 1. The fourth-order valence-corrected chi connectivity index (χ4v) is 2.63. The van der Waals surface area contributed by atoms with Gasteiger partial charge in [0.05, 0.1) is 0 Å². The second-order valence-corrected chi connectivity index (χ2v) is 5.21. The molecule has 2 unspecified atom stereocenters. The Labute approximate surface area is 109 Å². The Morgan fingerprint density at radius 1 is 0.889 bits per heavy atom. The van der Waals surface area contributed by atoms with E-state index in [2.05, 4.69) is 66.8 Å². The second-order valence-electron chi connectivity index (χ2n) is 5.21. The van der Waals surface area contributed by atoms with E-state index in [1.165, 1.54) is 29.7 Å². The summed E-state index contributed by atoms with van der Waals surface area (Å²) in [4.78, 5) is 0. The molecule has 0 aromatic heterocycles. The van der Waals surface area contributed by atoms with E-state index in [1.54, 1.807) is 0 Å². The first-order valence-electron chi connectivity index (χ1n) is 6.71. The molecule has 18 heavy (non-hydrogen) atoms. The van der Waals surface area contributed by atoms with Crippen molar-refractivity contribution in [2.75, 3.05) is 5.32 Å². The van der Waals surface area contributed by atoms with Crippen molar-refractivity contribution in [1.29, 1.82) is 0 Å². The van der Waals surface area contributed by atoms with Crippen LogP contribution in [0.4, 0.5) is 5.69 Å². The zero-order chi connectivity index (χ0) is 12.4. The first kappa shape index (κ1) is 11.3. The van der Waals surface area contributed by atoms with Crippen molar-refractivity contribution < 1.29 is 0 Å². The highest BCUT2D eigenvalue weighted by Gasteiger charge is 2.31. The van der Waals surface area contributed by atoms with Crippen LogP contribution in [0.15, 0.2) is 54.6 Å². The van der Waals surface area contributed by atoms with Gasteiger partial charge >= 0.3 is 0 Å². The van der Waals surface area contributed by atoms with Crippen molar-refractivity contribution in [3.05, 3.63) is 65.7 Å². The van der Waals surface area contributed by atoms with E-state index in [4.69, 9.17) is 0 Å². The molecule has 1 heteroatoms. The van der Waals surface area contributed by atoms with Crippen LogP contribution in [0.1, 0.15) is 29.9 Å². The summed E-state index contributed by atoms with van der Waals surface area (Å²) >= 11 is 0. The molecule has 0 radical (unpaired) electrons. The lowest BCUT2D eigenvalue weighted by molar-refractivity contribution is 0.371. The first-order valence-corrected chi connectivity index (χ1v) is 6.71. The van der Waals surface area contributed by atoms with Crippen molar-refractivity contribution in [2.45, 2.75) is 31.7 Å². The minimum absolute atomic E-state index is 0.593. The van der Waals surface area contributed by atoms with Gasteiger partial charge in [-0.1, -0.05) is 48.0 Å². The molecule has 3 rings (SSSR count). The van der Waals surface area contributed by atoms with Crippen LogP contribution in [-0.2, 0) is 0 Å². The fourth-order valence-electron chi connectivity index (χ4n) is 2.63. The molecule has 1 aliphatic carbocycles. The number of hydrogen-bond donors (Lipinski definition) is 1. The van der Waals surface area contributed by atoms with Gasteiger partial charge in [0.15, 0.2) is 0 Å². The molecule has 1 N–H and O–H groups in total. The van der Waals surface area contributed by atoms with Crippen LogP contribution in [0, 0.1) is 6.92 Å². The van der Waals surface area contributed by atoms with E-state index >= 15 is 0 Å². The topological polar surface area (TPSA) is 12.0 Å². The van der Waals surface area contributed by atoms with Gasteiger partial charge in [-0.05, 0) is 37.5 Å². The van der Waals surface area contributed by atoms with Crippen LogP contribution in [0.5, 0.6) is 0 Å². The van der Waals surface area contributed by atoms with Gasteiger partial charge in [-0.3, -0.25) is 0 Å². The van der Waals surface area contributed by atoms with E-state index in [-0.39, 0.29) is 0 Å². The number of para-hydroxylation sites is 1. The number of aryl methyl sites for hydroxylation is 1. The average molecular weight is 237 g/mol. The summed E-state index contributed by atoms with van der Waals surface area (Å²) in [6.45, 7) is 2.14. The third-order valence-electron chi connectivity index (χ3n) is 3.91. The van der Waals surface area contributed by atoms with Crippen molar-refractivity contribution in [2.24, 2.45) is 0 Å². The quantitative estimate of drug-likeness (QED) is 0.836. The number of anilines is 1. The molecule has 92 valence electrons. The minimum atomic E-state index is 0.593. The molecular weight excluding hydrogens is 218 g/mol. The molecule has 0 heterocycles. The summed E-state index contributed by atoms with van der Waals surface area (Å²) in [5, 5.41) is 3.64. The SMILES string of the molecule is Cc1ccc(C2CCC2Nc2ccccc2)cc1. The largest absolute Gasteiger partial charge is 0.382 e. The molecule has 2 aromatic carbocycles. The molecule has 2 aromatic rings. The predicted molar refractivity (Wildman–Crippen MR) is 77.0 cm³/mol. The molecule has 1 saturated carbocycles. The van der Waals surface area contributed by atoms with E-state index in [0.29, 0.717) is 12.0 Å². The molecule has 1 aliphatic rings. The molecular formula is C17H19N. The Morgan fingerprint density at radius 2 is 1.61 bits per heavy atom. The van der Waals surface area contributed by atoms with Crippen LogP contribution >= 0.6 is 0 Å². The Morgan fingerprint density at radius 3 is 2.22 bits per heavy atom. The first-order chi connectivity index (χ1) is 8.83. The molecule has 0 bridgehead atoms. The third-order valence-corrected chi connectivity index (χ3v) is 3.91. The predicted octanol–water partition coefficient (Wildman–Crippen LogP) is 4.35. The Hall–Kier alpha value is -1.76. The fraction of sp³-hybridized carbons (Fsp3) is 0.294. The summed E-state index contributed by atoms with van der Waals surface area (Å²) in [7, 11) is 0. The van der Waals surface area contributed by atoms with Gasteiger partial charge in [-0.25, -0.2) is 0 Å². The minimum Gasteiger partial charge on any atom is -0.382 e. The standard InChI is InChI=1S/C17H19N/c1-13-7-9-14(10-8-13)16-11-12-17(16)18-15-5-3-2-4-6-15/h2-10,16-18H,11-12H2,1H3. The summed E-state index contributed by atoms with van der Waals surface area (Å²) in [6.07, 6.45) is 2.57. The highest BCUT2D eigenvalue weighted by atomic mass is 14.9. The lowest BCUT2D eigenvalue weighted by Crippen LogP contribution is -2.36. The van der Waals surface area contributed by atoms with Gasteiger partial charge in [0.2, 0.25) is 0 Å². The smallest absolute Gasteiger partial charge is 0.0342 e. The lowest BCUT2D eigenvalue weighted by Gasteiger charge is -2.38. The van der Waals surface area contributed by atoms with Gasteiger partial charge in [0.1, 0.15) is 0 Å². The third kappa shape index (κ3) is 2.26. The van der Waals surface area contributed by atoms with Crippen LogP contribution in [0.3, 0.4) is 0 Å². The number of nitrogens with one attached hydrogen (secondary N) is 1. The van der Waals surface area contributed by atoms with Crippen molar-refractivity contribution in [3.63, 3.8) is 0 Å². The van der Waals surface area contributed by atoms with E-state index in [0.717, 1.165) is 0 Å². The highest BCUT2D eigenvalue weighted by molar-refractivity contribution is 5.45. The molecule has 2 atom stereocenters. The molecule has 1 nitrogen and oxygen atoms in total. The Bertz CT molecular complexity index is 501. The lowest BCUT2D eigenvalue weighted by atomic mass is 9.75. The molecule has 0 saturated heterocycles. The van der Waals surface area contributed by atoms with Gasteiger partial charge in [0, 0.05) is 17.6 Å². The average Bonchev–Trinajstić information content (AvgIpc) is 2.39. The van der Waals surface area contributed by atoms with E-state index < -0.39 is 0 Å². The zero-order valence-electron chi connectivity index (χ0n) is 10.8. The molecule has 0 spiro atoms. The van der Waals surface area contributed by atoms with Gasteiger partial charge in [-0.2, -0.15) is 0 Å². The monoisotopic (exact) mass is 237 g/mol. The molecule has 1 fully saturated rings. The maximum Gasteiger partial charge on any atom is 0.0342 e. The van der Waals surface area contributed by atoms with E-state index in [9.17, 15) is 0 Å². The van der Waals surface area contributed by atoms with Crippen molar-refractivity contribution in [1.82, 2.24) is 0 Å². The summed E-state index contributed by atoms with van der Waals surface area (Å²) < 4.78 is 0. The maximum atomic E-state index is 3.64. The molecule has 0 aliphatic heterocycles. The maximum absolute atomic E-state index is 3.64. The Balaban J connectivity index is 1.70. The second kappa shape index (κ2) is 4.85. The number of benzene rings is 2. The summed E-state index contributed by atoms with van der Waals surface area (Å²) in [5.74, 6) is 0.672. The van der Waals surface area contributed by atoms with Crippen molar-refractivity contribution in [3.8, 4) is 0 Å². The molecule has 0 amide bonds.